The van der Waals surface area contributed by atoms with Gasteiger partial charge in [-0.15, -0.1) is 11.3 Å². The Bertz CT molecular complexity index is 209. The van der Waals surface area contributed by atoms with Gasteiger partial charge in [-0.25, -0.2) is 0 Å². The molecule has 0 aliphatic heterocycles. The summed E-state index contributed by atoms with van der Waals surface area (Å²) in [5.74, 6) is -0.225. The lowest BCUT2D eigenvalue weighted by Crippen LogP contribution is -2.21. The quantitative estimate of drug-likeness (QED) is 0.605. The molecule has 74 valence electrons. The summed E-state index contributed by atoms with van der Waals surface area (Å²) in [6, 6.07) is 0. The van der Waals surface area contributed by atoms with Crippen LogP contribution in [0.5, 0.6) is 0 Å². The number of rotatable bonds is 0. The highest BCUT2D eigenvalue weighted by Crippen LogP contribution is 2.05. The average molecular weight is 201 g/mol. The maximum Gasteiger partial charge on any atom is 0.303 e. The van der Waals surface area contributed by atoms with Gasteiger partial charge in [-0.3, -0.25) is 9.78 Å². The molecule has 0 radical (unpaired) electrons. The van der Waals surface area contributed by atoms with E-state index in [-0.39, 0.29) is 11.6 Å². The standard InChI is InChI=1S/C6H12O2.C3H3NS/c1-5(7)8-6(2,3)4;1-2-5-3-4-1/h1-4H3;1-3H. The molecule has 0 saturated heterocycles. The first kappa shape index (κ1) is 12.1. The Morgan fingerprint density at radius 2 is 2.08 bits per heavy atom. The van der Waals surface area contributed by atoms with Crippen molar-refractivity contribution in [3.8, 4) is 0 Å². The SMILES string of the molecule is CC(=O)OC(C)(C)C.c1cscn1. The number of esters is 1. The third-order valence-electron chi connectivity index (χ3n) is 0.797. The van der Waals surface area contributed by atoms with Crippen LogP contribution in [0.3, 0.4) is 0 Å². The largest absolute Gasteiger partial charge is 0.460 e. The molecular formula is C9H15NO2S. The second-order valence-corrected chi connectivity index (χ2v) is 4.14. The molecule has 0 aliphatic rings. The molecule has 0 unspecified atom stereocenters. The van der Waals surface area contributed by atoms with E-state index >= 15 is 0 Å². The highest BCUT2D eigenvalue weighted by atomic mass is 32.1. The Balaban J connectivity index is 0.000000243. The smallest absolute Gasteiger partial charge is 0.303 e. The second kappa shape index (κ2) is 5.70. The van der Waals surface area contributed by atoms with E-state index in [0.29, 0.717) is 0 Å². The molecule has 0 saturated carbocycles. The fourth-order valence-electron chi connectivity index (χ4n) is 0.607. The number of hydrogen-bond acceptors (Lipinski definition) is 4. The second-order valence-electron chi connectivity index (χ2n) is 3.38. The van der Waals surface area contributed by atoms with Crippen molar-refractivity contribution in [3.05, 3.63) is 17.1 Å². The number of nitrogens with zero attached hydrogens (tertiary/aromatic N) is 1. The van der Waals surface area contributed by atoms with E-state index in [2.05, 4.69) is 4.98 Å². The van der Waals surface area contributed by atoms with Crippen molar-refractivity contribution in [1.82, 2.24) is 4.98 Å². The number of aromatic nitrogens is 1. The zero-order valence-electron chi connectivity index (χ0n) is 8.40. The van der Waals surface area contributed by atoms with E-state index in [4.69, 9.17) is 4.74 Å². The third kappa shape index (κ3) is 11.1. The molecule has 0 aliphatic carbocycles. The summed E-state index contributed by atoms with van der Waals surface area (Å²) >= 11 is 1.60. The summed E-state index contributed by atoms with van der Waals surface area (Å²) in [5, 5.41) is 1.93. The minimum Gasteiger partial charge on any atom is -0.460 e. The van der Waals surface area contributed by atoms with Gasteiger partial charge in [0.25, 0.3) is 0 Å². The molecule has 3 nitrogen and oxygen atoms in total. The molecule has 0 spiro atoms. The Kier molecular flexibility index (Phi) is 5.30. The van der Waals surface area contributed by atoms with Crippen LogP contribution in [0.1, 0.15) is 27.7 Å². The van der Waals surface area contributed by atoms with Gasteiger partial charge >= 0.3 is 5.97 Å². The molecule has 1 rings (SSSR count). The van der Waals surface area contributed by atoms with Crippen molar-refractivity contribution in [3.63, 3.8) is 0 Å². The van der Waals surface area contributed by atoms with Gasteiger partial charge in [0.1, 0.15) is 5.60 Å². The first-order valence-corrected chi connectivity index (χ1v) is 4.88. The summed E-state index contributed by atoms with van der Waals surface area (Å²) in [6.07, 6.45) is 1.77. The lowest BCUT2D eigenvalue weighted by molar-refractivity contribution is -0.151. The number of thiazole rings is 1. The van der Waals surface area contributed by atoms with Gasteiger partial charge in [-0.2, -0.15) is 0 Å². The van der Waals surface area contributed by atoms with Crippen molar-refractivity contribution in [1.29, 1.82) is 0 Å². The number of hydrogen-bond donors (Lipinski definition) is 0. The molecule has 0 bridgehead atoms. The average Bonchev–Trinajstić information content (AvgIpc) is 2.33. The minimum absolute atomic E-state index is 0.225. The van der Waals surface area contributed by atoms with Crippen LogP contribution in [0.2, 0.25) is 0 Å². The Morgan fingerprint density at radius 3 is 2.15 bits per heavy atom. The summed E-state index contributed by atoms with van der Waals surface area (Å²) < 4.78 is 4.80. The molecule has 0 aromatic carbocycles. The molecule has 0 amide bonds. The molecule has 0 N–H and O–H groups in total. The normalized spacial score (nSPS) is 9.85. The number of ether oxygens (including phenoxy) is 1. The van der Waals surface area contributed by atoms with E-state index < -0.39 is 0 Å². The molecule has 0 atom stereocenters. The van der Waals surface area contributed by atoms with Crippen LogP contribution < -0.4 is 0 Å². The predicted molar refractivity (Wildman–Crippen MR) is 53.6 cm³/mol. The lowest BCUT2D eigenvalue weighted by atomic mass is 10.2. The molecule has 1 aromatic heterocycles. The third-order valence-corrected chi connectivity index (χ3v) is 1.32. The van der Waals surface area contributed by atoms with Crippen molar-refractivity contribution in [2.75, 3.05) is 0 Å². The molecule has 1 heterocycles. The van der Waals surface area contributed by atoms with E-state index in [9.17, 15) is 4.79 Å². The Morgan fingerprint density at radius 1 is 1.46 bits per heavy atom. The highest BCUT2D eigenvalue weighted by molar-refractivity contribution is 7.07. The predicted octanol–water partition coefficient (Wildman–Crippen LogP) is 2.49. The van der Waals surface area contributed by atoms with Crippen molar-refractivity contribution in [2.24, 2.45) is 0 Å². The molecule has 0 fully saturated rings. The van der Waals surface area contributed by atoms with Gasteiger partial charge in [-0.05, 0) is 20.8 Å². The van der Waals surface area contributed by atoms with Gasteiger partial charge in [0.15, 0.2) is 0 Å². The van der Waals surface area contributed by atoms with Crippen LogP contribution in [-0.2, 0) is 9.53 Å². The van der Waals surface area contributed by atoms with Crippen LogP contribution in [-0.4, -0.2) is 16.6 Å². The van der Waals surface area contributed by atoms with Gasteiger partial charge in [0.2, 0.25) is 0 Å². The van der Waals surface area contributed by atoms with Crippen LogP contribution in [0.15, 0.2) is 17.1 Å². The van der Waals surface area contributed by atoms with Gasteiger partial charge < -0.3 is 4.74 Å². The fraction of sp³-hybridized carbons (Fsp3) is 0.556. The number of carbonyl (C=O) groups excluding carboxylic acids is 1. The minimum atomic E-state index is -0.328. The van der Waals surface area contributed by atoms with E-state index in [0.717, 1.165) is 0 Å². The zero-order valence-corrected chi connectivity index (χ0v) is 9.22. The van der Waals surface area contributed by atoms with Gasteiger partial charge in [0.05, 0.1) is 5.51 Å². The fourth-order valence-corrected chi connectivity index (χ4v) is 0.958. The molecular weight excluding hydrogens is 186 g/mol. The summed E-state index contributed by atoms with van der Waals surface area (Å²) in [5.41, 5.74) is 1.46. The van der Waals surface area contributed by atoms with E-state index in [1.807, 2.05) is 26.2 Å². The maximum atomic E-state index is 10.2. The van der Waals surface area contributed by atoms with Crippen LogP contribution in [0.25, 0.3) is 0 Å². The first-order valence-electron chi connectivity index (χ1n) is 3.93. The molecule has 4 heteroatoms. The molecule has 13 heavy (non-hydrogen) atoms. The Labute approximate surface area is 82.8 Å². The van der Waals surface area contributed by atoms with Crippen molar-refractivity contribution < 1.29 is 9.53 Å². The lowest BCUT2D eigenvalue weighted by Gasteiger charge is -2.17. The maximum absolute atomic E-state index is 10.2. The van der Waals surface area contributed by atoms with E-state index in [1.54, 1.807) is 23.0 Å². The van der Waals surface area contributed by atoms with Gasteiger partial charge in [0, 0.05) is 18.5 Å². The topological polar surface area (TPSA) is 39.2 Å². The van der Waals surface area contributed by atoms with Crippen LogP contribution in [0.4, 0.5) is 0 Å². The summed E-state index contributed by atoms with van der Waals surface area (Å²) in [6.45, 7) is 6.93. The van der Waals surface area contributed by atoms with Crippen molar-refractivity contribution in [2.45, 2.75) is 33.3 Å². The highest BCUT2D eigenvalue weighted by Gasteiger charge is 2.11. The monoisotopic (exact) mass is 201 g/mol. The van der Waals surface area contributed by atoms with Crippen LogP contribution in [0, 0.1) is 0 Å². The number of carbonyl (C=O) groups is 1. The summed E-state index contributed by atoms with van der Waals surface area (Å²) in [4.78, 5) is 14.0. The first-order chi connectivity index (χ1) is 5.92. The molecule has 1 aromatic rings. The van der Waals surface area contributed by atoms with Crippen LogP contribution >= 0.6 is 11.3 Å². The van der Waals surface area contributed by atoms with Crippen molar-refractivity contribution >= 4 is 17.3 Å². The van der Waals surface area contributed by atoms with Gasteiger partial charge in [-0.1, -0.05) is 0 Å². The summed E-state index contributed by atoms with van der Waals surface area (Å²) in [7, 11) is 0. The Hall–Kier alpha value is -0.900. The zero-order chi connectivity index (χ0) is 10.3. The van der Waals surface area contributed by atoms with E-state index in [1.165, 1.54) is 6.92 Å².